The van der Waals surface area contributed by atoms with Crippen molar-refractivity contribution < 1.29 is 9.21 Å². The van der Waals surface area contributed by atoms with Crippen LogP contribution in [0.1, 0.15) is 32.1 Å². The third-order valence-corrected chi connectivity index (χ3v) is 6.33. The van der Waals surface area contributed by atoms with Crippen molar-refractivity contribution in [1.29, 1.82) is 0 Å². The van der Waals surface area contributed by atoms with Crippen molar-refractivity contribution in [3.05, 3.63) is 88.0 Å². The number of nitrogen functional groups attached to an aromatic ring is 1. The average Bonchev–Trinajstić information content (AvgIpc) is 3.28. The highest BCUT2D eigenvalue weighted by Crippen LogP contribution is 2.37. The molecule has 0 aliphatic carbocycles. The van der Waals surface area contributed by atoms with Crippen LogP contribution in [0.3, 0.4) is 0 Å². The van der Waals surface area contributed by atoms with E-state index in [0.29, 0.717) is 16.3 Å². The molecule has 0 saturated heterocycles. The number of hydrogen-bond donors (Lipinski definition) is 1. The van der Waals surface area contributed by atoms with Crippen molar-refractivity contribution >= 4 is 33.1 Å². The summed E-state index contributed by atoms with van der Waals surface area (Å²) in [7, 11) is 0. The van der Waals surface area contributed by atoms with E-state index in [1.54, 1.807) is 0 Å². The fourth-order valence-electron chi connectivity index (χ4n) is 3.92. The molecule has 3 heterocycles. The molecule has 4 aromatic rings. The predicted octanol–water partition coefficient (Wildman–Crippen LogP) is 4.87. The van der Waals surface area contributed by atoms with Crippen LogP contribution in [-0.2, 0) is 19.5 Å². The first-order valence-electron chi connectivity index (χ1n) is 9.38. The van der Waals surface area contributed by atoms with Gasteiger partial charge < -0.3 is 10.2 Å². The number of nitrogens with zero attached hydrogens (tertiary/aromatic N) is 1. The predicted molar refractivity (Wildman–Crippen MR) is 113 cm³/mol. The molecule has 5 rings (SSSR count). The molecule has 140 valence electrons. The molecule has 28 heavy (non-hydrogen) atoms. The van der Waals surface area contributed by atoms with E-state index in [1.165, 1.54) is 21.8 Å². The maximum Gasteiger partial charge on any atom is 0.231 e. The van der Waals surface area contributed by atoms with Crippen LogP contribution in [0.25, 0.3) is 11.0 Å². The molecule has 0 radical (unpaired) electrons. The van der Waals surface area contributed by atoms with E-state index >= 15 is 0 Å². The highest BCUT2D eigenvalue weighted by Gasteiger charge is 2.29. The maximum atomic E-state index is 13.2. The SMILES string of the molecule is Nc1sc2c(c1C(=O)c1cc3ccccc3o1)CCN(Cc1ccccc1)C2. The number of thiophene rings is 1. The van der Waals surface area contributed by atoms with Crippen LogP contribution in [0.2, 0.25) is 0 Å². The number of carbonyl (C=O) groups excluding carboxylic acids is 1. The number of nitrogens with two attached hydrogens (primary N) is 1. The van der Waals surface area contributed by atoms with Gasteiger partial charge in [0.05, 0.1) is 10.6 Å². The van der Waals surface area contributed by atoms with Crippen LogP contribution >= 0.6 is 11.3 Å². The monoisotopic (exact) mass is 388 g/mol. The minimum atomic E-state index is -0.109. The minimum Gasteiger partial charge on any atom is -0.453 e. The van der Waals surface area contributed by atoms with E-state index in [4.69, 9.17) is 10.2 Å². The van der Waals surface area contributed by atoms with Gasteiger partial charge in [0.1, 0.15) is 5.58 Å². The van der Waals surface area contributed by atoms with Crippen molar-refractivity contribution in [2.45, 2.75) is 19.5 Å². The molecule has 2 aromatic carbocycles. The maximum absolute atomic E-state index is 13.2. The van der Waals surface area contributed by atoms with Gasteiger partial charge in [-0.05, 0) is 29.7 Å². The third kappa shape index (κ3) is 3.03. The van der Waals surface area contributed by atoms with E-state index in [0.717, 1.165) is 42.6 Å². The molecule has 0 spiro atoms. The Labute approximate surface area is 167 Å². The van der Waals surface area contributed by atoms with Crippen LogP contribution in [0.4, 0.5) is 5.00 Å². The number of anilines is 1. The number of para-hydroxylation sites is 1. The first-order chi connectivity index (χ1) is 13.7. The Morgan fingerprint density at radius 3 is 2.71 bits per heavy atom. The molecule has 2 aromatic heterocycles. The topological polar surface area (TPSA) is 59.5 Å². The third-order valence-electron chi connectivity index (χ3n) is 5.29. The number of hydrogen-bond acceptors (Lipinski definition) is 5. The number of rotatable bonds is 4. The minimum absolute atomic E-state index is 0.109. The van der Waals surface area contributed by atoms with Crippen molar-refractivity contribution in [3.8, 4) is 0 Å². The molecule has 0 atom stereocenters. The fraction of sp³-hybridized carbons (Fsp3) is 0.174. The molecule has 0 fully saturated rings. The molecule has 2 N–H and O–H groups in total. The number of carbonyl (C=O) groups is 1. The number of furan rings is 1. The first-order valence-corrected chi connectivity index (χ1v) is 10.2. The quantitative estimate of drug-likeness (QED) is 0.507. The lowest BCUT2D eigenvalue weighted by atomic mass is 9.98. The number of fused-ring (bicyclic) bond motifs is 2. The largest absolute Gasteiger partial charge is 0.453 e. The normalized spacial score (nSPS) is 14.3. The smallest absolute Gasteiger partial charge is 0.231 e. The Kier molecular flexibility index (Phi) is 4.26. The van der Waals surface area contributed by atoms with Crippen LogP contribution in [-0.4, -0.2) is 17.2 Å². The van der Waals surface area contributed by atoms with Crippen molar-refractivity contribution in [1.82, 2.24) is 4.90 Å². The van der Waals surface area contributed by atoms with Gasteiger partial charge in [-0.1, -0.05) is 48.5 Å². The molecule has 0 saturated carbocycles. The van der Waals surface area contributed by atoms with Crippen molar-refractivity contribution in [3.63, 3.8) is 0 Å². The summed E-state index contributed by atoms with van der Waals surface area (Å²) in [5.41, 5.74) is 10.0. The first kappa shape index (κ1) is 17.2. The summed E-state index contributed by atoms with van der Waals surface area (Å²) < 4.78 is 5.79. The zero-order valence-electron chi connectivity index (χ0n) is 15.4. The highest BCUT2D eigenvalue weighted by molar-refractivity contribution is 7.16. The second kappa shape index (κ2) is 6.93. The van der Waals surface area contributed by atoms with Gasteiger partial charge >= 0.3 is 0 Å². The molecule has 0 amide bonds. The Bertz CT molecular complexity index is 1130. The van der Waals surface area contributed by atoms with Crippen LogP contribution < -0.4 is 5.73 Å². The molecule has 5 heteroatoms. The lowest BCUT2D eigenvalue weighted by molar-refractivity contribution is 0.101. The zero-order valence-corrected chi connectivity index (χ0v) is 16.2. The lowest BCUT2D eigenvalue weighted by Gasteiger charge is -2.27. The molecule has 0 bridgehead atoms. The Morgan fingerprint density at radius 1 is 1.11 bits per heavy atom. The zero-order chi connectivity index (χ0) is 19.1. The molecule has 1 aliphatic rings. The average molecular weight is 388 g/mol. The van der Waals surface area contributed by atoms with Crippen molar-refractivity contribution in [2.75, 3.05) is 12.3 Å². The molecular formula is C23H20N2O2S. The summed E-state index contributed by atoms with van der Waals surface area (Å²) in [6, 6.07) is 19.9. The molecule has 0 unspecified atom stereocenters. The van der Waals surface area contributed by atoms with Crippen molar-refractivity contribution in [2.24, 2.45) is 0 Å². The molecular weight excluding hydrogens is 368 g/mol. The van der Waals surface area contributed by atoms with Gasteiger partial charge in [-0.2, -0.15) is 0 Å². The lowest BCUT2D eigenvalue weighted by Crippen LogP contribution is -2.29. The fourth-order valence-corrected chi connectivity index (χ4v) is 5.08. The van der Waals surface area contributed by atoms with E-state index in [2.05, 4.69) is 29.2 Å². The number of ketones is 1. The summed E-state index contributed by atoms with van der Waals surface area (Å²) >= 11 is 1.53. The molecule has 1 aliphatic heterocycles. The Morgan fingerprint density at radius 2 is 1.89 bits per heavy atom. The van der Waals surface area contributed by atoms with Gasteiger partial charge in [0.25, 0.3) is 0 Å². The summed E-state index contributed by atoms with van der Waals surface area (Å²) in [4.78, 5) is 16.8. The van der Waals surface area contributed by atoms with E-state index in [-0.39, 0.29) is 5.78 Å². The second-order valence-corrected chi connectivity index (χ2v) is 8.30. The standard InChI is InChI=1S/C23H20N2O2S/c24-23-21(22(26)19-12-16-8-4-5-9-18(16)27-19)17-10-11-25(14-20(17)28-23)13-15-6-2-1-3-7-15/h1-9,12H,10-11,13-14,24H2. The van der Waals surface area contributed by atoms with Gasteiger partial charge in [0.2, 0.25) is 5.78 Å². The second-order valence-electron chi connectivity index (χ2n) is 7.17. The summed E-state index contributed by atoms with van der Waals surface area (Å²) in [6.45, 7) is 2.65. The van der Waals surface area contributed by atoms with Crippen LogP contribution in [0, 0.1) is 0 Å². The van der Waals surface area contributed by atoms with Gasteiger partial charge in [-0.25, -0.2) is 0 Å². The van der Waals surface area contributed by atoms with E-state index in [1.807, 2.05) is 36.4 Å². The van der Waals surface area contributed by atoms with Gasteiger partial charge in [0.15, 0.2) is 5.76 Å². The van der Waals surface area contributed by atoms with Gasteiger partial charge in [-0.15, -0.1) is 11.3 Å². The van der Waals surface area contributed by atoms with Crippen LogP contribution in [0.15, 0.2) is 65.1 Å². The van der Waals surface area contributed by atoms with Gasteiger partial charge in [0, 0.05) is 29.9 Å². The Balaban J connectivity index is 1.43. The molecule has 4 nitrogen and oxygen atoms in total. The van der Waals surface area contributed by atoms with Crippen LogP contribution in [0.5, 0.6) is 0 Å². The Hall–Kier alpha value is -2.89. The van der Waals surface area contributed by atoms with Gasteiger partial charge in [-0.3, -0.25) is 9.69 Å². The summed E-state index contributed by atoms with van der Waals surface area (Å²) in [5.74, 6) is 0.253. The highest BCUT2D eigenvalue weighted by atomic mass is 32.1. The summed E-state index contributed by atoms with van der Waals surface area (Å²) in [6.07, 6.45) is 0.831. The number of benzene rings is 2. The van der Waals surface area contributed by atoms with E-state index in [9.17, 15) is 4.79 Å². The van der Waals surface area contributed by atoms with E-state index < -0.39 is 0 Å². The summed E-state index contributed by atoms with van der Waals surface area (Å²) in [5, 5.41) is 1.53.